The topological polar surface area (TPSA) is 207 Å². The summed E-state index contributed by atoms with van der Waals surface area (Å²) in [7, 11) is -3.27. The van der Waals surface area contributed by atoms with Crippen LogP contribution >= 0.6 is 11.6 Å². The van der Waals surface area contributed by atoms with Gasteiger partial charge in [-0.05, 0) is 48.2 Å². The Hall–Kier alpha value is -4.96. The zero-order valence-electron chi connectivity index (χ0n) is 25.5. The third-order valence-electron chi connectivity index (χ3n) is 6.57. The molecular formula is C27H27ClF6N8O7S. The number of amides is 2. The molecule has 0 spiro atoms. The Morgan fingerprint density at radius 2 is 1.48 bits per heavy atom. The van der Waals surface area contributed by atoms with Gasteiger partial charge in [0.2, 0.25) is 16.0 Å². The summed E-state index contributed by atoms with van der Waals surface area (Å²) in [4.78, 5) is 45.5. The van der Waals surface area contributed by atoms with Crippen molar-refractivity contribution in [1.82, 2.24) is 24.2 Å². The van der Waals surface area contributed by atoms with Crippen molar-refractivity contribution in [3.8, 4) is 0 Å². The van der Waals surface area contributed by atoms with Crippen molar-refractivity contribution in [2.45, 2.75) is 25.2 Å². The van der Waals surface area contributed by atoms with Gasteiger partial charge in [-0.15, -0.1) is 0 Å². The number of nitrogens with zero attached hydrogens (tertiary/aromatic N) is 5. The summed E-state index contributed by atoms with van der Waals surface area (Å²) in [6.45, 7) is 1.21. The van der Waals surface area contributed by atoms with Crippen LogP contribution in [0.3, 0.4) is 0 Å². The SMILES string of the molecule is CS(=O)(=O)N1CCN(C(=O)Nc2ccc3cc2CCc2cncc(c2)Nc2ncc(Cl)c(n2)N3)CC1.O=C(O)C(F)(F)F.O=C(O)C(F)(F)F. The minimum atomic E-state index is -5.08. The first kappa shape index (κ1) is 39.5. The van der Waals surface area contributed by atoms with Crippen molar-refractivity contribution in [1.29, 1.82) is 0 Å². The molecule has 5 rings (SSSR count). The number of aryl methyl sites for hydroxylation is 2. The lowest BCUT2D eigenvalue weighted by Crippen LogP contribution is -2.51. The van der Waals surface area contributed by atoms with E-state index < -0.39 is 34.3 Å². The highest BCUT2D eigenvalue weighted by atomic mass is 35.5. The summed E-state index contributed by atoms with van der Waals surface area (Å²) in [6, 6.07) is 7.36. The van der Waals surface area contributed by atoms with E-state index >= 15 is 0 Å². The van der Waals surface area contributed by atoms with E-state index in [2.05, 4.69) is 30.9 Å². The number of carboxylic acid groups (broad SMARTS) is 2. The molecule has 0 atom stereocenters. The van der Waals surface area contributed by atoms with Gasteiger partial charge in [0, 0.05) is 43.8 Å². The summed E-state index contributed by atoms with van der Waals surface area (Å²) >= 11 is 6.33. The van der Waals surface area contributed by atoms with Gasteiger partial charge in [0.25, 0.3) is 0 Å². The van der Waals surface area contributed by atoms with Gasteiger partial charge in [-0.25, -0.2) is 27.8 Å². The second kappa shape index (κ2) is 16.2. The molecule has 6 bridgehead atoms. The smallest absolute Gasteiger partial charge is 0.475 e. The molecule has 2 aromatic heterocycles. The largest absolute Gasteiger partial charge is 0.490 e. The molecule has 1 aromatic carbocycles. The molecule has 2 aliphatic heterocycles. The van der Waals surface area contributed by atoms with Gasteiger partial charge in [-0.3, -0.25) is 4.98 Å². The molecule has 2 aliphatic rings. The van der Waals surface area contributed by atoms with E-state index in [1.807, 2.05) is 24.3 Å². The van der Waals surface area contributed by atoms with Gasteiger partial charge in [-0.1, -0.05) is 11.6 Å². The molecule has 50 heavy (non-hydrogen) atoms. The van der Waals surface area contributed by atoms with Gasteiger partial charge in [-0.2, -0.15) is 35.6 Å². The van der Waals surface area contributed by atoms with Gasteiger partial charge < -0.3 is 31.1 Å². The fourth-order valence-corrected chi connectivity index (χ4v) is 5.13. The van der Waals surface area contributed by atoms with Crippen LogP contribution in [0.25, 0.3) is 0 Å². The van der Waals surface area contributed by atoms with E-state index in [0.717, 1.165) is 22.5 Å². The molecule has 2 amide bonds. The van der Waals surface area contributed by atoms with Crippen molar-refractivity contribution in [2.24, 2.45) is 0 Å². The van der Waals surface area contributed by atoms with E-state index in [1.54, 1.807) is 17.3 Å². The lowest BCUT2D eigenvalue weighted by molar-refractivity contribution is -0.193. The highest BCUT2D eigenvalue weighted by molar-refractivity contribution is 7.88. The highest BCUT2D eigenvalue weighted by Gasteiger charge is 2.39. The quantitative estimate of drug-likeness (QED) is 0.230. The number of piperazine rings is 1. The maximum Gasteiger partial charge on any atom is 0.490 e. The van der Waals surface area contributed by atoms with Gasteiger partial charge in [0.15, 0.2) is 5.82 Å². The number of benzene rings is 1. The van der Waals surface area contributed by atoms with Crippen LogP contribution in [0.5, 0.6) is 0 Å². The summed E-state index contributed by atoms with van der Waals surface area (Å²) < 4.78 is 88.4. The third-order valence-corrected chi connectivity index (χ3v) is 8.15. The minimum Gasteiger partial charge on any atom is -0.475 e. The number of sulfonamides is 1. The van der Waals surface area contributed by atoms with Crippen molar-refractivity contribution >= 4 is 68.4 Å². The van der Waals surface area contributed by atoms with Crippen LogP contribution in [0.15, 0.2) is 42.9 Å². The van der Waals surface area contributed by atoms with E-state index in [0.29, 0.717) is 48.4 Å². The van der Waals surface area contributed by atoms with Crippen molar-refractivity contribution in [3.63, 3.8) is 0 Å². The Kier molecular flexibility index (Phi) is 12.8. The molecule has 0 saturated carbocycles. The number of nitrogens with one attached hydrogen (secondary N) is 3. The minimum absolute atomic E-state index is 0.264. The molecule has 0 aliphatic carbocycles. The first-order valence-corrected chi connectivity index (χ1v) is 16.1. The maximum atomic E-state index is 13.0. The Morgan fingerprint density at radius 1 is 0.880 bits per heavy atom. The lowest BCUT2D eigenvalue weighted by atomic mass is 10.0. The predicted molar refractivity (Wildman–Crippen MR) is 166 cm³/mol. The van der Waals surface area contributed by atoms with E-state index in [1.165, 1.54) is 16.8 Å². The fraction of sp³-hybridized carbons (Fsp3) is 0.333. The molecule has 0 radical (unpaired) electrons. The number of pyridine rings is 1. The molecule has 23 heteroatoms. The van der Waals surface area contributed by atoms with Crippen molar-refractivity contribution < 1.29 is 59.4 Å². The number of urea groups is 1. The summed E-state index contributed by atoms with van der Waals surface area (Å²) in [6.07, 6.45) is -2.61. The zero-order chi connectivity index (χ0) is 37.4. The lowest BCUT2D eigenvalue weighted by Gasteiger charge is -2.33. The van der Waals surface area contributed by atoms with E-state index in [-0.39, 0.29) is 19.1 Å². The van der Waals surface area contributed by atoms with Gasteiger partial charge in [0.05, 0.1) is 24.3 Å². The molecule has 5 N–H and O–H groups in total. The number of fused-ring (bicyclic) bond motifs is 6. The maximum absolute atomic E-state index is 13.0. The predicted octanol–water partition coefficient (Wildman–Crippen LogP) is 4.49. The third kappa shape index (κ3) is 11.9. The molecule has 1 saturated heterocycles. The van der Waals surface area contributed by atoms with E-state index in [4.69, 9.17) is 31.4 Å². The second-order valence-electron chi connectivity index (χ2n) is 10.3. The standard InChI is InChI=1S/C23H25ClN8O3S.2C2HF3O2/c1-36(34,35)32-8-6-31(7-9-32)23(33)29-20-5-4-17-11-16(20)3-2-15-10-18(13-25-12-15)28-22-26-14-19(24)21(27-17)30-22;2*3-2(4,5)1(6)7/h4-5,10-14H,2-3,6-9H2,1H3,(H,29,33)(H2,26,27,28,30);2*(H,6,7). The number of carboxylic acids is 2. The molecule has 0 unspecified atom stereocenters. The molecule has 1 fully saturated rings. The Balaban J connectivity index is 0.000000408. The van der Waals surface area contributed by atoms with Crippen LogP contribution in [0, 0.1) is 0 Å². The van der Waals surface area contributed by atoms with Crippen LogP contribution in [0.4, 0.5) is 60.0 Å². The summed E-state index contributed by atoms with van der Waals surface area (Å²) in [5, 5.41) is 24.0. The summed E-state index contributed by atoms with van der Waals surface area (Å²) in [5.41, 5.74) is 4.14. The summed E-state index contributed by atoms with van der Waals surface area (Å²) in [5.74, 6) is -4.68. The average Bonchev–Trinajstić information content (AvgIpc) is 3.02. The van der Waals surface area contributed by atoms with E-state index in [9.17, 15) is 39.6 Å². The normalized spacial score (nSPS) is 14.7. The van der Waals surface area contributed by atoms with Crippen LogP contribution in [-0.4, -0.2) is 106 Å². The Labute approximate surface area is 284 Å². The first-order valence-electron chi connectivity index (χ1n) is 13.9. The van der Waals surface area contributed by atoms with Crippen LogP contribution in [-0.2, 0) is 32.5 Å². The van der Waals surface area contributed by atoms with Crippen LogP contribution in [0.1, 0.15) is 11.1 Å². The number of aliphatic carboxylic acids is 2. The molecule has 4 heterocycles. The first-order chi connectivity index (χ1) is 23.1. The monoisotopic (exact) mass is 756 g/mol. The number of hydrogen-bond donors (Lipinski definition) is 5. The number of rotatable bonds is 2. The second-order valence-corrected chi connectivity index (χ2v) is 12.7. The number of alkyl halides is 6. The Bertz CT molecular complexity index is 1800. The fourth-order valence-electron chi connectivity index (χ4n) is 4.17. The zero-order valence-corrected chi connectivity index (χ0v) is 27.1. The van der Waals surface area contributed by atoms with Crippen molar-refractivity contribution in [3.05, 3.63) is 59.0 Å². The molecular weight excluding hydrogens is 730 g/mol. The highest BCUT2D eigenvalue weighted by Crippen LogP contribution is 2.29. The van der Waals surface area contributed by atoms with Gasteiger partial charge >= 0.3 is 30.3 Å². The number of anilines is 5. The number of hydrogen-bond acceptors (Lipinski definition) is 10. The molecule has 272 valence electrons. The van der Waals surface area contributed by atoms with Gasteiger partial charge in [0.1, 0.15) is 5.02 Å². The number of halogens is 7. The molecule has 15 nitrogen and oxygen atoms in total. The van der Waals surface area contributed by atoms with Crippen LogP contribution in [0.2, 0.25) is 5.02 Å². The van der Waals surface area contributed by atoms with Crippen LogP contribution < -0.4 is 16.0 Å². The molecule has 3 aromatic rings. The number of aromatic nitrogens is 3. The average molecular weight is 757 g/mol. The number of carbonyl (C=O) groups excluding carboxylic acids is 1. The Morgan fingerprint density at radius 3 is 2.04 bits per heavy atom. The number of carbonyl (C=O) groups is 3. The van der Waals surface area contributed by atoms with Crippen molar-refractivity contribution in [2.75, 3.05) is 48.4 Å².